The summed E-state index contributed by atoms with van der Waals surface area (Å²) in [5.41, 5.74) is 9.93. The van der Waals surface area contributed by atoms with Crippen molar-refractivity contribution in [2.75, 3.05) is 0 Å². The van der Waals surface area contributed by atoms with E-state index in [9.17, 15) is 0 Å². The van der Waals surface area contributed by atoms with Gasteiger partial charge in [0.05, 0.1) is 0 Å². The van der Waals surface area contributed by atoms with E-state index in [0.717, 1.165) is 6.42 Å². The Labute approximate surface area is 181 Å². The molecule has 0 aliphatic heterocycles. The Bertz CT molecular complexity index is 1440. The zero-order valence-electron chi connectivity index (χ0n) is 17.6. The largest absolute Gasteiger partial charge is 0.134 e. The maximum absolute atomic E-state index is 2.41. The minimum Gasteiger partial charge on any atom is -0.134 e. The van der Waals surface area contributed by atoms with Gasteiger partial charge in [-0.2, -0.15) is 0 Å². The fraction of sp³-hybridized carbons (Fsp3) is 0.172. The molecule has 0 saturated heterocycles. The van der Waals surface area contributed by atoms with Gasteiger partial charge in [0.25, 0.3) is 0 Å². The summed E-state index contributed by atoms with van der Waals surface area (Å²) in [5.74, 6) is 0. The van der Waals surface area contributed by atoms with Crippen LogP contribution in [0.5, 0.6) is 0 Å². The van der Waals surface area contributed by atoms with E-state index in [2.05, 4.69) is 99.6 Å². The molecule has 1 aliphatic carbocycles. The maximum Gasteiger partial charge on any atom is 0.0433 e. The lowest BCUT2D eigenvalue weighted by atomic mass is 9.86. The Morgan fingerprint density at radius 1 is 0.633 bits per heavy atom. The van der Waals surface area contributed by atoms with E-state index in [4.69, 9.17) is 0 Å². The summed E-state index contributed by atoms with van der Waals surface area (Å²) in [4.78, 5) is 0. The van der Waals surface area contributed by atoms with Crippen LogP contribution in [0, 0.1) is 0 Å². The molecule has 5 aromatic rings. The second kappa shape index (κ2) is 6.30. The number of rotatable bonds is 1. The Kier molecular flexibility index (Phi) is 3.76. The maximum atomic E-state index is 2.41. The van der Waals surface area contributed by atoms with E-state index in [0.29, 0.717) is 0 Å². The quantitative estimate of drug-likeness (QED) is 0.257. The fourth-order valence-electron chi connectivity index (χ4n) is 4.93. The van der Waals surface area contributed by atoms with Crippen LogP contribution in [0.1, 0.15) is 37.5 Å². The van der Waals surface area contributed by atoms with Crippen molar-refractivity contribution in [2.24, 2.45) is 0 Å². The molecule has 0 amide bonds. The smallest absolute Gasteiger partial charge is 0.0433 e. The Morgan fingerprint density at radius 3 is 2.17 bits per heavy atom. The van der Waals surface area contributed by atoms with Crippen molar-refractivity contribution in [2.45, 2.75) is 32.6 Å². The number of hydrogen-bond donors (Lipinski definition) is 0. The molecule has 0 N–H and O–H groups in total. The topological polar surface area (TPSA) is 0 Å². The number of benzene rings is 4. The van der Waals surface area contributed by atoms with Gasteiger partial charge in [0.15, 0.2) is 0 Å². The van der Waals surface area contributed by atoms with Gasteiger partial charge in [-0.3, -0.25) is 0 Å². The van der Waals surface area contributed by atoms with Gasteiger partial charge in [0.2, 0.25) is 0 Å². The highest BCUT2D eigenvalue weighted by Crippen LogP contribution is 2.45. The van der Waals surface area contributed by atoms with E-state index < -0.39 is 0 Å². The monoisotopic (exact) mass is 404 g/mol. The zero-order chi connectivity index (χ0) is 20.5. The first-order valence-corrected chi connectivity index (χ1v) is 11.5. The average Bonchev–Trinajstić information content (AvgIpc) is 3.30. The first-order valence-electron chi connectivity index (χ1n) is 10.7. The molecule has 0 nitrogen and oxygen atoms in total. The van der Waals surface area contributed by atoms with Crippen LogP contribution in [0.15, 0.2) is 78.9 Å². The van der Waals surface area contributed by atoms with Crippen LogP contribution in [0.2, 0.25) is 0 Å². The van der Waals surface area contributed by atoms with Gasteiger partial charge >= 0.3 is 0 Å². The van der Waals surface area contributed by atoms with Crippen molar-refractivity contribution >= 4 is 31.5 Å². The Hall–Kier alpha value is -2.90. The third-order valence-electron chi connectivity index (χ3n) is 6.44. The molecule has 0 spiro atoms. The second-order valence-corrected chi connectivity index (χ2v) is 10.4. The molecule has 1 aromatic heterocycles. The molecule has 0 atom stereocenters. The first kappa shape index (κ1) is 17.9. The minimum atomic E-state index is 0.137. The van der Waals surface area contributed by atoms with Crippen LogP contribution in [0.4, 0.5) is 0 Å². The van der Waals surface area contributed by atoms with Crippen LogP contribution >= 0.6 is 11.3 Å². The molecule has 1 heterocycles. The Balaban J connectivity index is 1.60. The summed E-state index contributed by atoms with van der Waals surface area (Å²) >= 11 is 1.96. The molecule has 0 bridgehead atoms. The van der Waals surface area contributed by atoms with Crippen molar-refractivity contribution < 1.29 is 0 Å². The summed E-state index contributed by atoms with van der Waals surface area (Å²) in [6, 6.07) is 29.5. The second-order valence-electron chi connectivity index (χ2n) is 9.42. The SMILES string of the molecule is CC(C)(C)c1cccc2c1sc1c(-c3ccc4c(c3)-c3ccccc3C4)cccc12. The van der Waals surface area contributed by atoms with Crippen LogP contribution in [0.3, 0.4) is 0 Å². The van der Waals surface area contributed by atoms with Gasteiger partial charge < -0.3 is 0 Å². The molecular formula is C29H24S. The molecule has 30 heavy (non-hydrogen) atoms. The predicted octanol–water partition coefficient (Wildman–Crippen LogP) is 8.59. The Morgan fingerprint density at radius 2 is 1.33 bits per heavy atom. The van der Waals surface area contributed by atoms with Crippen LogP contribution < -0.4 is 0 Å². The van der Waals surface area contributed by atoms with E-state index in [1.54, 1.807) is 0 Å². The van der Waals surface area contributed by atoms with Gasteiger partial charge in [-0.1, -0.05) is 93.6 Å². The first-order chi connectivity index (χ1) is 14.5. The van der Waals surface area contributed by atoms with Crippen molar-refractivity contribution in [1.29, 1.82) is 0 Å². The normalized spacial score (nSPS) is 13.0. The van der Waals surface area contributed by atoms with E-state index in [1.807, 2.05) is 11.3 Å². The van der Waals surface area contributed by atoms with Gasteiger partial charge in [0, 0.05) is 20.2 Å². The molecule has 0 saturated carbocycles. The molecular weight excluding hydrogens is 380 g/mol. The van der Waals surface area contributed by atoms with E-state index >= 15 is 0 Å². The summed E-state index contributed by atoms with van der Waals surface area (Å²) in [6.07, 6.45) is 1.05. The van der Waals surface area contributed by atoms with Gasteiger partial charge in [0.1, 0.15) is 0 Å². The number of hydrogen-bond acceptors (Lipinski definition) is 1. The summed E-state index contributed by atoms with van der Waals surface area (Å²) < 4.78 is 2.83. The molecule has 0 radical (unpaired) electrons. The molecule has 4 aromatic carbocycles. The van der Waals surface area contributed by atoms with Gasteiger partial charge in [-0.25, -0.2) is 0 Å². The molecule has 1 aliphatic rings. The van der Waals surface area contributed by atoms with E-state index in [-0.39, 0.29) is 5.41 Å². The highest BCUT2D eigenvalue weighted by Gasteiger charge is 2.21. The van der Waals surface area contributed by atoms with Crippen molar-refractivity contribution in [3.05, 3.63) is 95.6 Å². The summed E-state index contributed by atoms with van der Waals surface area (Å²) in [5, 5.41) is 2.76. The zero-order valence-corrected chi connectivity index (χ0v) is 18.4. The molecule has 0 unspecified atom stereocenters. The lowest BCUT2D eigenvalue weighted by Gasteiger charge is -2.19. The lowest BCUT2D eigenvalue weighted by molar-refractivity contribution is 0.597. The number of fused-ring (bicyclic) bond motifs is 6. The van der Waals surface area contributed by atoms with Gasteiger partial charge in [-0.05, 0) is 56.8 Å². The lowest BCUT2D eigenvalue weighted by Crippen LogP contribution is -2.10. The van der Waals surface area contributed by atoms with E-state index in [1.165, 1.54) is 59.1 Å². The standard InChI is InChI=1S/C29H24S/c1-29(2,3)26-13-7-12-24-23-11-6-10-22(27(23)30-28(24)26)20-15-14-19-16-18-8-4-5-9-21(18)25(19)17-20/h4-15,17H,16H2,1-3H3. The minimum absolute atomic E-state index is 0.137. The van der Waals surface area contributed by atoms with Crippen LogP contribution in [0.25, 0.3) is 42.4 Å². The van der Waals surface area contributed by atoms with Crippen LogP contribution in [-0.4, -0.2) is 0 Å². The average molecular weight is 405 g/mol. The van der Waals surface area contributed by atoms with Crippen molar-refractivity contribution in [3.63, 3.8) is 0 Å². The molecule has 6 rings (SSSR count). The highest BCUT2D eigenvalue weighted by molar-refractivity contribution is 7.26. The van der Waals surface area contributed by atoms with Crippen molar-refractivity contribution in [1.82, 2.24) is 0 Å². The predicted molar refractivity (Wildman–Crippen MR) is 132 cm³/mol. The molecule has 1 heteroatoms. The van der Waals surface area contributed by atoms with Crippen molar-refractivity contribution in [3.8, 4) is 22.3 Å². The van der Waals surface area contributed by atoms with Gasteiger partial charge in [-0.15, -0.1) is 11.3 Å². The third-order valence-corrected chi connectivity index (χ3v) is 7.73. The summed E-state index contributed by atoms with van der Waals surface area (Å²) in [7, 11) is 0. The highest BCUT2D eigenvalue weighted by atomic mass is 32.1. The summed E-state index contributed by atoms with van der Waals surface area (Å²) in [6.45, 7) is 6.93. The third kappa shape index (κ3) is 2.58. The molecule has 146 valence electrons. The number of thiophene rings is 1. The molecule has 0 fully saturated rings. The fourth-order valence-corrected chi connectivity index (χ4v) is 6.49. The van der Waals surface area contributed by atoms with Crippen LogP contribution in [-0.2, 0) is 11.8 Å².